The standard InChI is InChI=1S/C14H29N/c1-3-5-6-12-15-14-10-8-13(7-4-2)9-11-14/h13-15H,3-12H2,1-2H3. The summed E-state index contributed by atoms with van der Waals surface area (Å²) in [5.41, 5.74) is 0. The van der Waals surface area contributed by atoms with Crippen molar-refractivity contribution in [3.8, 4) is 0 Å². The topological polar surface area (TPSA) is 12.0 Å². The molecule has 0 atom stereocenters. The van der Waals surface area contributed by atoms with Crippen molar-refractivity contribution in [1.82, 2.24) is 5.32 Å². The lowest BCUT2D eigenvalue weighted by molar-refractivity contribution is 0.278. The molecule has 0 amide bonds. The van der Waals surface area contributed by atoms with E-state index in [0.29, 0.717) is 0 Å². The van der Waals surface area contributed by atoms with E-state index in [9.17, 15) is 0 Å². The van der Waals surface area contributed by atoms with E-state index in [-0.39, 0.29) is 0 Å². The maximum Gasteiger partial charge on any atom is 0.00672 e. The van der Waals surface area contributed by atoms with Gasteiger partial charge in [-0.25, -0.2) is 0 Å². The van der Waals surface area contributed by atoms with E-state index in [4.69, 9.17) is 0 Å². The molecule has 1 fully saturated rings. The van der Waals surface area contributed by atoms with Crippen molar-refractivity contribution >= 4 is 0 Å². The van der Waals surface area contributed by atoms with Crippen LogP contribution >= 0.6 is 0 Å². The quantitative estimate of drug-likeness (QED) is 0.624. The fourth-order valence-electron chi connectivity index (χ4n) is 2.74. The van der Waals surface area contributed by atoms with E-state index in [0.717, 1.165) is 12.0 Å². The van der Waals surface area contributed by atoms with Crippen LogP contribution in [0.15, 0.2) is 0 Å². The first-order valence-corrected chi connectivity index (χ1v) is 7.10. The molecule has 0 saturated heterocycles. The summed E-state index contributed by atoms with van der Waals surface area (Å²) in [6, 6.07) is 0.843. The van der Waals surface area contributed by atoms with Gasteiger partial charge in [-0.15, -0.1) is 0 Å². The summed E-state index contributed by atoms with van der Waals surface area (Å²) >= 11 is 0. The highest BCUT2D eigenvalue weighted by molar-refractivity contribution is 4.76. The molecule has 1 saturated carbocycles. The molecule has 1 nitrogen and oxygen atoms in total. The van der Waals surface area contributed by atoms with Crippen LogP contribution in [-0.4, -0.2) is 12.6 Å². The van der Waals surface area contributed by atoms with Crippen molar-refractivity contribution in [3.63, 3.8) is 0 Å². The van der Waals surface area contributed by atoms with Crippen LogP contribution in [0.5, 0.6) is 0 Å². The molecule has 0 bridgehead atoms. The zero-order valence-electron chi connectivity index (χ0n) is 10.7. The largest absolute Gasteiger partial charge is 0.314 e. The molecule has 0 aliphatic heterocycles. The van der Waals surface area contributed by atoms with Crippen molar-refractivity contribution in [1.29, 1.82) is 0 Å². The first-order chi connectivity index (χ1) is 7.36. The number of hydrogen-bond acceptors (Lipinski definition) is 1. The number of unbranched alkanes of at least 4 members (excludes halogenated alkanes) is 2. The summed E-state index contributed by atoms with van der Waals surface area (Å²) in [5, 5.41) is 3.72. The smallest absolute Gasteiger partial charge is 0.00672 e. The molecule has 90 valence electrons. The summed E-state index contributed by atoms with van der Waals surface area (Å²) < 4.78 is 0. The zero-order chi connectivity index (χ0) is 10.9. The summed E-state index contributed by atoms with van der Waals surface area (Å²) in [6.07, 6.45) is 12.7. The minimum atomic E-state index is 0.843. The molecule has 0 aromatic carbocycles. The van der Waals surface area contributed by atoms with Crippen molar-refractivity contribution < 1.29 is 0 Å². The number of rotatable bonds is 7. The minimum absolute atomic E-state index is 0.843. The van der Waals surface area contributed by atoms with Crippen LogP contribution in [-0.2, 0) is 0 Å². The van der Waals surface area contributed by atoms with Crippen molar-refractivity contribution in [3.05, 3.63) is 0 Å². The van der Waals surface area contributed by atoms with E-state index in [2.05, 4.69) is 19.2 Å². The average molecular weight is 211 g/mol. The normalized spacial score (nSPS) is 26.8. The second-order valence-corrected chi connectivity index (χ2v) is 5.17. The third-order valence-corrected chi connectivity index (χ3v) is 3.76. The Kier molecular flexibility index (Phi) is 7.08. The molecule has 15 heavy (non-hydrogen) atoms. The summed E-state index contributed by atoms with van der Waals surface area (Å²) in [4.78, 5) is 0. The Balaban J connectivity index is 1.99. The third-order valence-electron chi connectivity index (χ3n) is 3.76. The molecule has 0 spiro atoms. The molecule has 1 rings (SSSR count). The van der Waals surface area contributed by atoms with Crippen LogP contribution in [0.4, 0.5) is 0 Å². The molecule has 1 aliphatic rings. The highest BCUT2D eigenvalue weighted by Gasteiger charge is 2.19. The van der Waals surface area contributed by atoms with E-state index >= 15 is 0 Å². The number of nitrogens with one attached hydrogen (secondary N) is 1. The van der Waals surface area contributed by atoms with Crippen molar-refractivity contribution in [2.45, 2.75) is 77.7 Å². The van der Waals surface area contributed by atoms with Gasteiger partial charge in [-0.3, -0.25) is 0 Å². The van der Waals surface area contributed by atoms with Gasteiger partial charge in [0.05, 0.1) is 0 Å². The fraction of sp³-hybridized carbons (Fsp3) is 1.00. The number of hydrogen-bond donors (Lipinski definition) is 1. The minimum Gasteiger partial charge on any atom is -0.314 e. The molecule has 1 N–H and O–H groups in total. The predicted octanol–water partition coefficient (Wildman–Crippen LogP) is 4.13. The molecular formula is C14H29N. The highest BCUT2D eigenvalue weighted by Crippen LogP contribution is 2.27. The monoisotopic (exact) mass is 211 g/mol. The van der Waals surface area contributed by atoms with Crippen molar-refractivity contribution in [2.75, 3.05) is 6.54 Å². The van der Waals surface area contributed by atoms with Gasteiger partial charge in [0.1, 0.15) is 0 Å². The van der Waals surface area contributed by atoms with Crippen LogP contribution < -0.4 is 5.32 Å². The van der Waals surface area contributed by atoms with E-state index < -0.39 is 0 Å². The van der Waals surface area contributed by atoms with E-state index in [1.54, 1.807) is 0 Å². The molecule has 1 aliphatic carbocycles. The zero-order valence-corrected chi connectivity index (χ0v) is 10.7. The molecule has 1 heteroatoms. The Hall–Kier alpha value is -0.0400. The van der Waals surface area contributed by atoms with Crippen LogP contribution in [0.25, 0.3) is 0 Å². The Bertz CT molecular complexity index is 134. The molecule has 0 radical (unpaired) electrons. The van der Waals surface area contributed by atoms with Gasteiger partial charge in [0.2, 0.25) is 0 Å². The Morgan fingerprint density at radius 2 is 1.67 bits per heavy atom. The highest BCUT2D eigenvalue weighted by atomic mass is 14.9. The van der Waals surface area contributed by atoms with Gasteiger partial charge in [-0.05, 0) is 44.6 Å². The molecule has 0 heterocycles. The summed E-state index contributed by atoms with van der Waals surface area (Å²) in [6.45, 7) is 5.84. The van der Waals surface area contributed by atoms with Gasteiger partial charge >= 0.3 is 0 Å². The Morgan fingerprint density at radius 1 is 0.933 bits per heavy atom. The van der Waals surface area contributed by atoms with E-state index in [1.165, 1.54) is 64.3 Å². The lowest BCUT2D eigenvalue weighted by Gasteiger charge is -2.29. The maximum absolute atomic E-state index is 3.72. The van der Waals surface area contributed by atoms with Gasteiger partial charge in [0.25, 0.3) is 0 Å². The third kappa shape index (κ3) is 5.55. The Morgan fingerprint density at radius 3 is 2.27 bits per heavy atom. The van der Waals surface area contributed by atoms with Crippen LogP contribution in [0.3, 0.4) is 0 Å². The lowest BCUT2D eigenvalue weighted by atomic mass is 9.83. The molecule has 0 unspecified atom stereocenters. The fourth-order valence-corrected chi connectivity index (χ4v) is 2.74. The van der Waals surface area contributed by atoms with Gasteiger partial charge < -0.3 is 5.32 Å². The Labute approximate surface area is 96.0 Å². The maximum atomic E-state index is 3.72. The van der Waals surface area contributed by atoms with Crippen molar-refractivity contribution in [2.24, 2.45) is 5.92 Å². The molecular weight excluding hydrogens is 182 g/mol. The predicted molar refractivity (Wildman–Crippen MR) is 68.2 cm³/mol. The molecule has 0 aromatic rings. The van der Waals surface area contributed by atoms with E-state index in [1.807, 2.05) is 0 Å². The second kappa shape index (κ2) is 8.15. The van der Waals surface area contributed by atoms with Crippen LogP contribution in [0.1, 0.15) is 71.6 Å². The first-order valence-electron chi connectivity index (χ1n) is 7.10. The summed E-state index contributed by atoms with van der Waals surface area (Å²) in [5.74, 6) is 1.05. The SMILES string of the molecule is CCCCCNC1CCC(CCC)CC1. The van der Waals surface area contributed by atoms with Gasteiger partial charge in [-0.1, -0.05) is 39.5 Å². The van der Waals surface area contributed by atoms with Crippen LogP contribution in [0, 0.1) is 5.92 Å². The second-order valence-electron chi connectivity index (χ2n) is 5.17. The first kappa shape index (κ1) is 13.0. The average Bonchev–Trinajstić information content (AvgIpc) is 2.27. The molecule has 0 aromatic heterocycles. The summed E-state index contributed by atoms with van der Waals surface area (Å²) in [7, 11) is 0. The lowest BCUT2D eigenvalue weighted by Crippen LogP contribution is -2.33. The van der Waals surface area contributed by atoms with Gasteiger partial charge in [0.15, 0.2) is 0 Å². The van der Waals surface area contributed by atoms with Gasteiger partial charge in [-0.2, -0.15) is 0 Å². The van der Waals surface area contributed by atoms with Crippen LogP contribution in [0.2, 0.25) is 0 Å². The van der Waals surface area contributed by atoms with Gasteiger partial charge in [0, 0.05) is 6.04 Å².